The second-order valence-corrected chi connectivity index (χ2v) is 3.07. The van der Waals surface area contributed by atoms with Gasteiger partial charge in [-0.3, -0.25) is 0 Å². The monoisotopic (exact) mass is 251 g/mol. The molecular weight excluding hydrogens is 247 g/mol. The zero-order chi connectivity index (χ0) is 9.90. The van der Waals surface area contributed by atoms with Crippen molar-refractivity contribution in [1.82, 2.24) is 4.98 Å². The Bertz CT molecular complexity index is 319. The topological polar surface area (TPSA) is 12.9 Å². The van der Waals surface area contributed by atoms with Crippen LogP contribution in [0, 0.1) is 0 Å². The molecule has 0 unspecified atom stereocenters. The molecule has 0 aromatic carbocycles. The van der Waals surface area contributed by atoms with Crippen LogP contribution < -0.4 is 0 Å². The van der Waals surface area contributed by atoms with Gasteiger partial charge in [0, 0.05) is 6.08 Å². The van der Waals surface area contributed by atoms with Gasteiger partial charge < -0.3 is 0 Å². The van der Waals surface area contributed by atoms with Crippen LogP contribution in [0.15, 0.2) is 28.9 Å². The lowest BCUT2D eigenvalue weighted by Crippen LogP contribution is -2.00. The number of rotatable bonds is 1. The minimum atomic E-state index is -4.29. The molecule has 0 amide bonds. The van der Waals surface area contributed by atoms with Crippen LogP contribution in [-0.2, 0) is 0 Å². The van der Waals surface area contributed by atoms with Crippen molar-refractivity contribution in [3.05, 3.63) is 34.6 Å². The highest BCUT2D eigenvalue weighted by Gasteiger charge is 2.21. The Hall–Kier alpha value is -0.840. The standard InChI is InChI=1S/C8H5BrF3N/c9-7-3-1-2-6(13-7)4-5-8(10,11)12/h1-5H/b5-4+. The lowest BCUT2D eigenvalue weighted by molar-refractivity contribution is -0.0790. The van der Waals surface area contributed by atoms with Gasteiger partial charge in [-0.15, -0.1) is 0 Å². The molecule has 0 fully saturated rings. The molecule has 0 bridgehead atoms. The average Bonchev–Trinajstić information content (AvgIpc) is 2.00. The lowest BCUT2D eigenvalue weighted by atomic mass is 10.3. The van der Waals surface area contributed by atoms with Gasteiger partial charge in [0.05, 0.1) is 5.69 Å². The average molecular weight is 252 g/mol. The molecule has 13 heavy (non-hydrogen) atoms. The summed E-state index contributed by atoms with van der Waals surface area (Å²) in [4.78, 5) is 3.81. The lowest BCUT2D eigenvalue weighted by Gasteiger charge is -1.97. The van der Waals surface area contributed by atoms with E-state index in [2.05, 4.69) is 20.9 Å². The molecule has 5 heteroatoms. The minimum Gasteiger partial charge on any atom is -0.242 e. The van der Waals surface area contributed by atoms with Crippen molar-refractivity contribution in [3.8, 4) is 0 Å². The number of allylic oxidation sites excluding steroid dienone is 1. The van der Waals surface area contributed by atoms with E-state index in [4.69, 9.17) is 0 Å². The molecule has 0 aliphatic carbocycles. The summed E-state index contributed by atoms with van der Waals surface area (Å²) >= 11 is 3.06. The van der Waals surface area contributed by atoms with Crippen LogP contribution >= 0.6 is 15.9 Å². The fourth-order valence-corrected chi connectivity index (χ4v) is 1.05. The van der Waals surface area contributed by atoms with Gasteiger partial charge in [0.15, 0.2) is 0 Å². The second-order valence-electron chi connectivity index (χ2n) is 2.26. The van der Waals surface area contributed by atoms with Crippen LogP contribution in [0.25, 0.3) is 6.08 Å². The van der Waals surface area contributed by atoms with Crippen molar-refractivity contribution in [2.24, 2.45) is 0 Å². The molecule has 0 radical (unpaired) electrons. The molecule has 1 aromatic heterocycles. The molecule has 0 aliphatic heterocycles. The molecule has 1 rings (SSSR count). The number of halogens is 4. The maximum Gasteiger partial charge on any atom is 0.409 e. The van der Waals surface area contributed by atoms with Crippen molar-refractivity contribution < 1.29 is 13.2 Å². The van der Waals surface area contributed by atoms with Gasteiger partial charge in [0.2, 0.25) is 0 Å². The predicted octanol–water partition coefficient (Wildman–Crippen LogP) is 3.42. The second kappa shape index (κ2) is 3.91. The number of alkyl halides is 3. The Kier molecular flexibility index (Phi) is 3.08. The maximum absolute atomic E-state index is 11.7. The number of hydrogen-bond acceptors (Lipinski definition) is 1. The number of aromatic nitrogens is 1. The van der Waals surface area contributed by atoms with Gasteiger partial charge in [-0.25, -0.2) is 4.98 Å². The summed E-state index contributed by atoms with van der Waals surface area (Å²) < 4.78 is 35.7. The fourth-order valence-electron chi connectivity index (χ4n) is 0.697. The van der Waals surface area contributed by atoms with E-state index in [0.29, 0.717) is 4.60 Å². The van der Waals surface area contributed by atoms with E-state index in [9.17, 15) is 13.2 Å². The Labute approximate surface area is 81.4 Å². The molecule has 0 saturated heterocycles. The van der Waals surface area contributed by atoms with Crippen molar-refractivity contribution in [2.45, 2.75) is 6.18 Å². The summed E-state index contributed by atoms with van der Waals surface area (Å²) in [7, 11) is 0. The van der Waals surface area contributed by atoms with Crippen molar-refractivity contribution >= 4 is 22.0 Å². The summed E-state index contributed by atoms with van der Waals surface area (Å²) in [5.41, 5.74) is 0.270. The zero-order valence-corrected chi connectivity index (χ0v) is 7.93. The Balaban J connectivity index is 2.80. The fraction of sp³-hybridized carbons (Fsp3) is 0.125. The molecule has 70 valence electrons. The van der Waals surface area contributed by atoms with Gasteiger partial charge in [-0.2, -0.15) is 13.2 Å². The molecular formula is C8H5BrF3N. The summed E-state index contributed by atoms with van der Waals surface area (Å²) in [5.74, 6) is 0. The van der Waals surface area contributed by atoms with E-state index in [-0.39, 0.29) is 11.8 Å². The van der Waals surface area contributed by atoms with E-state index in [1.165, 1.54) is 6.07 Å². The highest BCUT2D eigenvalue weighted by Crippen LogP contribution is 2.18. The number of hydrogen-bond donors (Lipinski definition) is 0. The van der Waals surface area contributed by atoms with E-state index in [0.717, 1.165) is 6.08 Å². The van der Waals surface area contributed by atoms with Crippen LogP contribution in [0.2, 0.25) is 0 Å². The first-order valence-corrected chi connectivity index (χ1v) is 4.15. The third-order valence-corrected chi connectivity index (χ3v) is 1.62. The molecule has 0 N–H and O–H groups in total. The van der Waals surface area contributed by atoms with Crippen LogP contribution in [0.5, 0.6) is 0 Å². The van der Waals surface area contributed by atoms with Crippen LogP contribution in [-0.4, -0.2) is 11.2 Å². The zero-order valence-electron chi connectivity index (χ0n) is 6.35. The summed E-state index contributed by atoms with van der Waals surface area (Å²) in [6.45, 7) is 0. The Morgan fingerprint density at radius 3 is 2.54 bits per heavy atom. The van der Waals surface area contributed by atoms with E-state index >= 15 is 0 Å². The van der Waals surface area contributed by atoms with Crippen LogP contribution in [0.1, 0.15) is 5.69 Å². The van der Waals surface area contributed by atoms with E-state index < -0.39 is 6.18 Å². The smallest absolute Gasteiger partial charge is 0.242 e. The summed E-state index contributed by atoms with van der Waals surface area (Å²) in [6, 6.07) is 4.76. The van der Waals surface area contributed by atoms with Gasteiger partial charge >= 0.3 is 6.18 Å². The molecule has 1 nitrogen and oxygen atoms in total. The SMILES string of the molecule is FC(F)(F)/C=C/c1cccc(Br)n1. The Morgan fingerprint density at radius 1 is 1.31 bits per heavy atom. The maximum atomic E-state index is 11.7. The normalized spacial score (nSPS) is 12.3. The third-order valence-electron chi connectivity index (χ3n) is 1.18. The van der Waals surface area contributed by atoms with E-state index in [1.54, 1.807) is 12.1 Å². The van der Waals surface area contributed by atoms with Crippen LogP contribution in [0.3, 0.4) is 0 Å². The summed E-state index contributed by atoms with van der Waals surface area (Å²) in [5, 5.41) is 0. The van der Waals surface area contributed by atoms with Crippen molar-refractivity contribution in [3.63, 3.8) is 0 Å². The van der Waals surface area contributed by atoms with Gasteiger partial charge in [0.1, 0.15) is 4.60 Å². The highest BCUT2D eigenvalue weighted by molar-refractivity contribution is 9.10. The first kappa shape index (κ1) is 10.2. The van der Waals surface area contributed by atoms with Gasteiger partial charge in [0.25, 0.3) is 0 Å². The minimum absolute atomic E-state index is 0.155. The largest absolute Gasteiger partial charge is 0.409 e. The molecule has 0 spiro atoms. The van der Waals surface area contributed by atoms with Crippen molar-refractivity contribution in [1.29, 1.82) is 0 Å². The van der Waals surface area contributed by atoms with E-state index in [1.807, 2.05) is 0 Å². The number of nitrogens with zero attached hydrogens (tertiary/aromatic N) is 1. The first-order chi connectivity index (χ1) is 5.97. The molecule has 0 saturated carbocycles. The van der Waals surface area contributed by atoms with Gasteiger partial charge in [-0.1, -0.05) is 6.07 Å². The molecule has 0 aliphatic rings. The summed E-state index contributed by atoms with van der Waals surface area (Å²) in [6.07, 6.45) is -3.21. The Morgan fingerprint density at radius 2 is 2.00 bits per heavy atom. The van der Waals surface area contributed by atoms with Crippen LogP contribution in [0.4, 0.5) is 13.2 Å². The molecule has 1 heterocycles. The predicted molar refractivity (Wildman–Crippen MR) is 47.0 cm³/mol. The van der Waals surface area contributed by atoms with Crippen molar-refractivity contribution in [2.75, 3.05) is 0 Å². The molecule has 0 atom stereocenters. The third kappa shape index (κ3) is 4.07. The molecule has 1 aromatic rings. The van der Waals surface area contributed by atoms with Gasteiger partial charge in [-0.05, 0) is 34.1 Å². The first-order valence-electron chi connectivity index (χ1n) is 3.36. The highest BCUT2D eigenvalue weighted by atomic mass is 79.9. The number of pyridine rings is 1. The quantitative estimate of drug-likeness (QED) is 0.698.